The number of benzene rings is 2. The van der Waals surface area contributed by atoms with Crippen molar-refractivity contribution < 1.29 is 18.3 Å². The number of carbonyl (C=O) groups excluding carboxylic acids is 1. The van der Waals surface area contributed by atoms with Crippen LogP contribution in [0.5, 0.6) is 0 Å². The van der Waals surface area contributed by atoms with Crippen molar-refractivity contribution in [2.45, 2.75) is 13.5 Å². The zero-order chi connectivity index (χ0) is 21.3. The van der Waals surface area contributed by atoms with Gasteiger partial charge < -0.3 is 9.30 Å². The number of esters is 1. The number of halogens is 2. The van der Waals surface area contributed by atoms with Gasteiger partial charge in [-0.2, -0.15) is 5.10 Å². The Balaban J connectivity index is 1.83. The van der Waals surface area contributed by atoms with Crippen LogP contribution in [-0.4, -0.2) is 26.9 Å². The number of fused-ring (bicyclic) bond motifs is 1. The van der Waals surface area contributed by atoms with Crippen LogP contribution in [-0.2, 0) is 11.3 Å². The number of rotatable bonds is 5. The molecule has 152 valence electrons. The molecule has 0 aliphatic rings. The zero-order valence-electron chi connectivity index (χ0n) is 16.0. The Morgan fingerprint density at radius 1 is 1.10 bits per heavy atom. The van der Waals surface area contributed by atoms with Gasteiger partial charge in [0.15, 0.2) is 0 Å². The molecule has 8 heteroatoms. The van der Waals surface area contributed by atoms with Crippen molar-refractivity contribution in [2.24, 2.45) is 0 Å². The van der Waals surface area contributed by atoms with E-state index < -0.39 is 28.4 Å². The van der Waals surface area contributed by atoms with Crippen LogP contribution < -0.4 is 5.43 Å². The summed E-state index contributed by atoms with van der Waals surface area (Å²) in [4.78, 5) is 24.9. The van der Waals surface area contributed by atoms with E-state index in [1.807, 2.05) is 24.3 Å². The van der Waals surface area contributed by atoms with Gasteiger partial charge in [-0.05, 0) is 42.8 Å². The molecular formula is C22H17F2N3O3. The van der Waals surface area contributed by atoms with Gasteiger partial charge in [0.1, 0.15) is 17.2 Å². The van der Waals surface area contributed by atoms with Crippen molar-refractivity contribution in [1.29, 1.82) is 0 Å². The van der Waals surface area contributed by atoms with E-state index >= 15 is 0 Å². The lowest BCUT2D eigenvalue weighted by Crippen LogP contribution is -2.22. The molecule has 2 aromatic carbocycles. The summed E-state index contributed by atoms with van der Waals surface area (Å²) in [5.74, 6) is -2.53. The highest BCUT2D eigenvalue weighted by Crippen LogP contribution is 2.21. The summed E-state index contributed by atoms with van der Waals surface area (Å²) in [6.07, 6.45) is 4.68. The van der Waals surface area contributed by atoms with Gasteiger partial charge in [-0.3, -0.25) is 4.79 Å². The molecule has 2 heterocycles. The molecule has 0 unspecified atom stereocenters. The number of hydrogen-bond donors (Lipinski definition) is 0. The highest BCUT2D eigenvalue weighted by atomic mass is 19.1. The quantitative estimate of drug-likeness (QED) is 0.472. The molecule has 0 fully saturated rings. The molecule has 0 bridgehead atoms. The molecule has 0 amide bonds. The van der Waals surface area contributed by atoms with Crippen molar-refractivity contribution in [2.75, 3.05) is 6.61 Å². The molecule has 0 aliphatic carbocycles. The van der Waals surface area contributed by atoms with E-state index in [4.69, 9.17) is 4.74 Å². The third-order valence-electron chi connectivity index (χ3n) is 4.68. The summed E-state index contributed by atoms with van der Waals surface area (Å²) < 4.78 is 37.0. The van der Waals surface area contributed by atoms with E-state index in [9.17, 15) is 18.4 Å². The molecule has 0 N–H and O–H groups in total. The molecule has 0 radical (unpaired) electrons. The topological polar surface area (TPSA) is 66.1 Å². The number of hydrogen-bond acceptors (Lipinski definition) is 4. The van der Waals surface area contributed by atoms with E-state index in [0.717, 1.165) is 23.4 Å². The van der Waals surface area contributed by atoms with Crippen molar-refractivity contribution in [3.8, 4) is 5.69 Å². The maximum atomic E-state index is 14.6. The molecule has 0 saturated heterocycles. The summed E-state index contributed by atoms with van der Waals surface area (Å²) >= 11 is 0. The minimum atomic E-state index is -0.898. The van der Waals surface area contributed by atoms with Gasteiger partial charge >= 0.3 is 5.97 Å². The van der Waals surface area contributed by atoms with E-state index in [2.05, 4.69) is 5.10 Å². The predicted octanol–water partition coefficient (Wildman–Crippen LogP) is 3.69. The van der Waals surface area contributed by atoms with Crippen molar-refractivity contribution in [3.63, 3.8) is 0 Å². The van der Waals surface area contributed by atoms with Gasteiger partial charge in [-0.25, -0.2) is 18.3 Å². The second-order valence-corrected chi connectivity index (χ2v) is 6.59. The Morgan fingerprint density at radius 2 is 1.83 bits per heavy atom. The van der Waals surface area contributed by atoms with E-state index in [0.29, 0.717) is 0 Å². The van der Waals surface area contributed by atoms with E-state index in [1.54, 1.807) is 30.1 Å². The number of nitrogens with zero attached hydrogens (tertiary/aromatic N) is 3. The molecular weight excluding hydrogens is 392 g/mol. The molecule has 6 nitrogen and oxygen atoms in total. The first kappa shape index (κ1) is 19.5. The lowest BCUT2D eigenvalue weighted by Gasteiger charge is -2.15. The Hall–Kier alpha value is -3.81. The van der Waals surface area contributed by atoms with Gasteiger partial charge in [-0.1, -0.05) is 12.1 Å². The van der Waals surface area contributed by atoms with Crippen LogP contribution in [0.1, 0.15) is 22.8 Å². The molecule has 0 atom stereocenters. The Bertz CT molecular complexity index is 1280. The second-order valence-electron chi connectivity index (χ2n) is 6.59. The van der Waals surface area contributed by atoms with Crippen molar-refractivity contribution >= 4 is 16.9 Å². The average Bonchev–Trinajstić information content (AvgIpc) is 3.27. The smallest absolute Gasteiger partial charge is 0.343 e. The van der Waals surface area contributed by atoms with E-state index in [-0.39, 0.29) is 24.2 Å². The Morgan fingerprint density at radius 3 is 2.50 bits per heavy atom. The summed E-state index contributed by atoms with van der Waals surface area (Å²) in [5, 5.41) is 3.68. The van der Waals surface area contributed by atoms with Gasteiger partial charge in [0.25, 0.3) is 0 Å². The fourth-order valence-corrected chi connectivity index (χ4v) is 3.30. The molecule has 4 rings (SSSR count). The maximum absolute atomic E-state index is 14.6. The largest absolute Gasteiger partial charge is 0.462 e. The predicted molar refractivity (Wildman–Crippen MR) is 107 cm³/mol. The zero-order valence-corrected chi connectivity index (χ0v) is 16.0. The molecule has 30 heavy (non-hydrogen) atoms. The maximum Gasteiger partial charge on any atom is 0.343 e. The van der Waals surface area contributed by atoms with Gasteiger partial charge in [0, 0.05) is 25.1 Å². The van der Waals surface area contributed by atoms with Crippen LogP contribution in [0.3, 0.4) is 0 Å². The van der Waals surface area contributed by atoms with Gasteiger partial charge in [0.2, 0.25) is 5.43 Å². The van der Waals surface area contributed by atoms with Crippen molar-refractivity contribution in [1.82, 2.24) is 14.3 Å². The van der Waals surface area contributed by atoms with Gasteiger partial charge in [0.05, 0.1) is 23.2 Å². The van der Waals surface area contributed by atoms with Gasteiger partial charge in [-0.15, -0.1) is 0 Å². The van der Waals surface area contributed by atoms with Crippen LogP contribution in [0.2, 0.25) is 0 Å². The number of aromatic nitrogens is 3. The van der Waals surface area contributed by atoms with Crippen LogP contribution in [0, 0.1) is 11.6 Å². The summed E-state index contributed by atoms with van der Waals surface area (Å²) in [6.45, 7) is 1.76. The SMILES string of the molecule is CCOC(=O)c1cn(Cc2ccc(-n3cccn3)cc2)c2c(F)ccc(F)c2c1=O. The average molecular weight is 409 g/mol. The third-order valence-corrected chi connectivity index (χ3v) is 4.68. The number of pyridine rings is 1. The standard InChI is InChI=1S/C22H17F2N3O3/c1-2-30-22(29)16-13-26(20-18(24)9-8-17(23)19(20)21(16)28)12-14-4-6-15(7-5-14)27-11-3-10-25-27/h3-11,13H,2,12H2,1H3. The second kappa shape index (κ2) is 7.90. The highest BCUT2D eigenvalue weighted by Gasteiger charge is 2.21. The first-order valence-electron chi connectivity index (χ1n) is 9.27. The molecule has 0 aliphatic heterocycles. The fraction of sp³-hybridized carbons (Fsp3) is 0.136. The summed E-state index contributed by atoms with van der Waals surface area (Å²) in [5.41, 5.74) is 0.143. The number of ether oxygens (including phenoxy) is 1. The van der Waals surface area contributed by atoms with Crippen LogP contribution >= 0.6 is 0 Å². The van der Waals surface area contributed by atoms with Crippen LogP contribution in [0.15, 0.2) is 65.8 Å². The molecule has 0 saturated carbocycles. The monoisotopic (exact) mass is 409 g/mol. The lowest BCUT2D eigenvalue weighted by atomic mass is 10.1. The minimum Gasteiger partial charge on any atom is -0.462 e. The van der Waals surface area contributed by atoms with Crippen molar-refractivity contribution in [3.05, 3.63) is 94.0 Å². The summed E-state index contributed by atoms with van der Waals surface area (Å²) in [7, 11) is 0. The molecule has 0 spiro atoms. The minimum absolute atomic E-state index is 0.0524. The van der Waals surface area contributed by atoms with E-state index in [1.165, 1.54) is 10.8 Å². The number of carbonyl (C=O) groups is 1. The lowest BCUT2D eigenvalue weighted by molar-refractivity contribution is 0.0524. The Kier molecular flexibility index (Phi) is 5.14. The molecule has 4 aromatic rings. The van der Waals surface area contributed by atoms with Crippen LogP contribution in [0.4, 0.5) is 8.78 Å². The fourth-order valence-electron chi connectivity index (χ4n) is 3.30. The highest BCUT2D eigenvalue weighted by molar-refractivity contribution is 5.94. The molecule has 2 aromatic heterocycles. The summed E-state index contributed by atoms with van der Waals surface area (Å²) in [6, 6.07) is 10.9. The normalized spacial score (nSPS) is 11.0. The third kappa shape index (κ3) is 3.47. The first-order chi connectivity index (χ1) is 14.5. The van der Waals surface area contributed by atoms with Crippen LogP contribution in [0.25, 0.3) is 16.6 Å². The first-order valence-corrected chi connectivity index (χ1v) is 9.27. The Labute approximate surface area is 169 Å².